The molecule has 0 aliphatic heterocycles. The molecule has 11 heavy (non-hydrogen) atoms. The Hall–Kier alpha value is -0.710. The van der Waals surface area contributed by atoms with E-state index < -0.39 is 5.97 Å². The molecule has 0 fully saturated rings. The first-order chi connectivity index (χ1) is 5.16. The van der Waals surface area contributed by atoms with Crippen LogP contribution in [0.4, 0.5) is 0 Å². The maximum absolute atomic E-state index is 10.6. The van der Waals surface area contributed by atoms with Gasteiger partial charge in [-0.1, -0.05) is 0 Å². The Morgan fingerprint density at radius 2 is 2.00 bits per heavy atom. The van der Waals surface area contributed by atoms with E-state index in [4.69, 9.17) is 0 Å². The van der Waals surface area contributed by atoms with Crippen LogP contribution in [-0.2, 0) is 19.1 Å². The van der Waals surface area contributed by atoms with E-state index in [2.05, 4.69) is 9.47 Å². The highest BCUT2D eigenvalue weighted by molar-refractivity contribution is 7.99. The number of carbonyl (C=O) groups excluding carboxylic acids is 2. The Balaban J connectivity index is 3.24. The van der Waals surface area contributed by atoms with Crippen molar-refractivity contribution in [3.05, 3.63) is 0 Å². The molecule has 5 heteroatoms. The van der Waals surface area contributed by atoms with Crippen LogP contribution in [-0.4, -0.2) is 30.7 Å². The SMILES string of the molecule is CSCC(=O)OCOC(C)=O. The Labute approximate surface area is 69.2 Å². The molecule has 64 valence electrons. The highest BCUT2D eigenvalue weighted by Crippen LogP contribution is 1.92. The van der Waals surface area contributed by atoms with E-state index in [1.165, 1.54) is 18.7 Å². The van der Waals surface area contributed by atoms with Crippen molar-refractivity contribution in [1.29, 1.82) is 0 Å². The predicted octanol–water partition coefficient (Wildman–Crippen LogP) is 0.413. The summed E-state index contributed by atoms with van der Waals surface area (Å²) >= 11 is 1.35. The third-order valence-electron chi connectivity index (χ3n) is 0.744. The Bertz CT molecular complexity index is 146. The molecule has 4 nitrogen and oxygen atoms in total. The molecule has 0 radical (unpaired) electrons. The topological polar surface area (TPSA) is 52.6 Å². The largest absolute Gasteiger partial charge is 0.428 e. The van der Waals surface area contributed by atoms with Crippen LogP contribution >= 0.6 is 11.8 Å². The molecule has 0 rings (SSSR count). The second-order valence-electron chi connectivity index (χ2n) is 1.70. The predicted molar refractivity (Wildman–Crippen MR) is 41.1 cm³/mol. The van der Waals surface area contributed by atoms with Gasteiger partial charge in [0.05, 0.1) is 5.75 Å². The van der Waals surface area contributed by atoms with Crippen LogP contribution in [0.3, 0.4) is 0 Å². The van der Waals surface area contributed by atoms with Gasteiger partial charge in [0.2, 0.25) is 6.79 Å². The smallest absolute Gasteiger partial charge is 0.318 e. The number of ether oxygens (including phenoxy) is 2. The molecule has 0 bridgehead atoms. The standard InChI is InChI=1S/C6H10O4S/c1-5(7)9-4-10-6(8)3-11-2/h3-4H2,1-2H3. The molecule has 0 spiro atoms. The molecule has 0 aliphatic rings. The first kappa shape index (κ1) is 10.3. The van der Waals surface area contributed by atoms with Gasteiger partial charge in [-0.25, -0.2) is 0 Å². The maximum Gasteiger partial charge on any atom is 0.318 e. The van der Waals surface area contributed by atoms with E-state index in [0.29, 0.717) is 0 Å². The molecular formula is C6H10O4S. The molecule has 0 aliphatic carbocycles. The number of esters is 2. The number of carbonyl (C=O) groups is 2. The molecule has 0 saturated carbocycles. The molecule has 0 aromatic rings. The zero-order chi connectivity index (χ0) is 8.69. The van der Waals surface area contributed by atoms with E-state index in [-0.39, 0.29) is 18.5 Å². The minimum absolute atomic E-state index is 0.279. The van der Waals surface area contributed by atoms with Gasteiger partial charge in [0.1, 0.15) is 0 Å². The summed E-state index contributed by atoms with van der Waals surface area (Å²) in [6, 6.07) is 0. The van der Waals surface area contributed by atoms with Crippen molar-refractivity contribution in [2.75, 3.05) is 18.8 Å². The lowest BCUT2D eigenvalue weighted by Crippen LogP contribution is -2.12. The summed E-state index contributed by atoms with van der Waals surface area (Å²) in [5.74, 6) is -0.554. The quantitative estimate of drug-likeness (QED) is 0.461. The molecule has 0 N–H and O–H groups in total. The fraction of sp³-hybridized carbons (Fsp3) is 0.667. The zero-order valence-electron chi connectivity index (χ0n) is 6.46. The Morgan fingerprint density at radius 1 is 1.36 bits per heavy atom. The molecule has 0 unspecified atom stereocenters. The molecular weight excluding hydrogens is 168 g/mol. The van der Waals surface area contributed by atoms with Gasteiger partial charge in [0.15, 0.2) is 0 Å². The van der Waals surface area contributed by atoms with Gasteiger partial charge in [-0.05, 0) is 6.26 Å². The molecule has 0 aromatic carbocycles. The summed E-state index contributed by atoms with van der Waals surface area (Å²) in [5, 5.41) is 0. The van der Waals surface area contributed by atoms with Crippen molar-refractivity contribution in [2.24, 2.45) is 0 Å². The average molecular weight is 178 g/mol. The zero-order valence-corrected chi connectivity index (χ0v) is 7.27. The fourth-order valence-corrected chi connectivity index (χ4v) is 0.657. The van der Waals surface area contributed by atoms with Gasteiger partial charge < -0.3 is 9.47 Å². The lowest BCUT2D eigenvalue weighted by molar-refractivity contribution is -0.163. The van der Waals surface area contributed by atoms with Crippen molar-refractivity contribution >= 4 is 23.7 Å². The van der Waals surface area contributed by atoms with Gasteiger partial charge in [-0.3, -0.25) is 9.59 Å². The van der Waals surface area contributed by atoms with Gasteiger partial charge in [-0.15, -0.1) is 0 Å². The highest BCUT2D eigenvalue weighted by Gasteiger charge is 2.00. The minimum atomic E-state index is -0.457. The van der Waals surface area contributed by atoms with Crippen LogP contribution in [0.2, 0.25) is 0 Å². The summed E-state index contributed by atoms with van der Waals surface area (Å²) in [6.07, 6.45) is 1.78. The van der Waals surface area contributed by atoms with Gasteiger partial charge in [-0.2, -0.15) is 11.8 Å². The van der Waals surface area contributed by atoms with Crippen molar-refractivity contribution in [2.45, 2.75) is 6.92 Å². The first-order valence-corrected chi connectivity index (χ1v) is 4.34. The van der Waals surface area contributed by atoms with E-state index in [0.717, 1.165) is 0 Å². The second-order valence-corrected chi connectivity index (χ2v) is 2.57. The summed E-state index contributed by atoms with van der Waals surface area (Å²) in [6.45, 7) is 0.969. The third kappa shape index (κ3) is 7.18. The van der Waals surface area contributed by atoms with Crippen molar-refractivity contribution < 1.29 is 19.1 Å². The summed E-state index contributed by atoms with van der Waals surface area (Å²) in [4.78, 5) is 20.8. The Morgan fingerprint density at radius 3 is 2.45 bits per heavy atom. The molecule has 0 aromatic heterocycles. The number of rotatable bonds is 4. The van der Waals surface area contributed by atoms with E-state index in [1.54, 1.807) is 6.26 Å². The lowest BCUT2D eigenvalue weighted by Gasteiger charge is -2.02. The fourth-order valence-electron chi connectivity index (χ4n) is 0.338. The monoisotopic (exact) mass is 178 g/mol. The van der Waals surface area contributed by atoms with E-state index >= 15 is 0 Å². The van der Waals surface area contributed by atoms with Crippen LogP contribution < -0.4 is 0 Å². The molecule has 0 heterocycles. The van der Waals surface area contributed by atoms with Gasteiger partial charge in [0, 0.05) is 6.92 Å². The summed E-state index contributed by atoms with van der Waals surface area (Å²) < 4.78 is 8.86. The highest BCUT2D eigenvalue weighted by atomic mass is 32.2. The molecule has 0 amide bonds. The van der Waals surface area contributed by atoms with Gasteiger partial charge >= 0.3 is 11.9 Å². The van der Waals surface area contributed by atoms with Crippen molar-refractivity contribution in [3.63, 3.8) is 0 Å². The number of thioether (sulfide) groups is 1. The second kappa shape index (κ2) is 6.03. The van der Waals surface area contributed by atoms with Crippen LogP contribution in [0, 0.1) is 0 Å². The number of hydrogen-bond donors (Lipinski definition) is 0. The van der Waals surface area contributed by atoms with Crippen LogP contribution in [0.25, 0.3) is 0 Å². The van der Waals surface area contributed by atoms with Crippen LogP contribution in [0.15, 0.2) is 0 Å². The first-order valence-electron chi connectivity index (χ1n) is 2.94. The average Bonchev–Trinajstić information content (AvgIpc) is 1.87. The normalized spacial score (nSPS) is 8.91. The molecule has 0 saturated heterocycles. The van der Waals surface area contributed by atoms with Crippen molar-refractivity contribution in [3.8, 4) is 0 Å². The number of hydrogen-bond acceptors (Lipinski definition) is 5. The van der Waals surface area contributed by atoms with E-state index in [9.17, 15) is 9.59 Å². The summed E-state index contributed by atoms with van der Waals surface area (Å²) in [7, 11) is 0. The Kier molecular flexibility index (Phi) is 5.64. The molecule has 0 atom stereocenters. The van der Waals surface area contributed by atoms with E-state index in [1.807, 2.05) is 0 Å². The van der Waals surface area contributed by atoms with Gasteiger partial charge in [0.25, 0.3) is 0 Å². The summed E-state index contributed by atoms with van der Waals surface area (Å²) in [5.41, 5.74) is 0. The van der Waals surface area contributed by atoms with Crippen LogP contribution in [0.1, 0.15) is 6.92 Å². The van der Waals surface area contributed by atoms with Crippen LogP contribution in [0.5, 0.6) is 0 Å². The lowest BCUT2D eigenvalue weighted by atomic mass is 10.8. The maximum atomic E-state index is 10.6. The van der Waals surface area contributed by atoms with Crippen molar-refractivity contribution in [1.82, 2.24) is 0 Å². The third-order valence-corrected chi connectivity index (χ3v) is 1.27. The minimum Gasteiger partial charge on any atom is -0.428 e.